The Labute approximate surface area is 126 Å². The number of carboxylic acids is 1. The Balaban J connectivity index is 2.56. The molecule has 0 bridgehead atoms. The second-order valence-corrected chi connectivity index (χ2v) is 4.73. The summed E-state index contributed by atoms with van der Waals surface area (Å²) in [5, 5.41) is 12.2. The Morgan fingerprint density at radius 3 is 2.76 bits per heavy atom. The number of rotatable bonds is 10. The first-order valence-electron chi connectivity index (χ1n) is 7.36. The molecule has 1 heterocycles. The van der Waals surface area contributed by atoms with Crippen molar-refractivity contribution in [1.29, 1.82) is 0 Å². The number of pyridine rings is 1. The van der Waals surface area contributed by atoms with Crippen molar-refractivity contribution >= 4 is 5.97 Å². The molecular weight excluding hydrogens is 270 g/mol. The van der Waals surface area contributed by atoms with Gasteiger partial charge in [0, 0.05) is 6.20 Å². The van der Waals surface area contributed by atoms with Crippen LogP contribution in [0.3, 0.4) is 0 Å². The monoisotopic (exact) mass is 295 g/mol. The summed E-state index contributed by atoms with van der Waals surface area (Å²) in [6.07, 6.45) is 3.06. The Morgan fingerprint density at radius 1 is 1.48 bits per heavy atom. The number of nitrogens with one attached hydrogen (secondary N) is 1. The van der Waals surface area contributed by atoms with Gasteiger partial charge in [0.25, 0.3) is 0 Å². The third-order valence-electron chi connectivity index (χ3n) is 3.41. The molecule has 1 rings (SSSR count). The molecule has 0 spiro atoms. The highest BCUT2D eigenvalue weighted by atomic mass is 16.5. The van der Waals surface area contributed by atoms with E-state index in [1.807, 2.05) is 0 Å². The zero-order valence-electron chi connectivity index (χ0n) is 13.0. The first kappa shape index (κ1) is 17.4. The first-order valence-corrected chi connectivity index (χ1v) is 7.36. The van der Waals surface area contributed by atoms with Crippen molar-refractivity contribution in [3.8, 4) is 5.88 Å². The van der Waals surface area contributed by atoms with E-state index in [1.54, 1.807) is 13.1 Å². The Bertz CT molecular complexity index is 436. The molecule has 21 heavy (non-hydrogen) atoms. The van der Waals surface area contributed by atoms with Crippen LogP contribution in [0.5, 0.6) is 5.88 Å². The van der Waals surface area contributed by atoms with Gasteiger partial charge in [-0.25, -0.2) is 9.78 Å². The summed E-state index contributed by atoms with van der Waals surface area (Å²) >= 11 is 0. The number of aromatic nitrogens is 1. The van der Waals surface area contributed by atoms with Gasteiger partial charge in [0.05, 0.1) is 0 Å². The van der Waals surface area contributed by atoms with Crippen LogP contribution < -0.4 is 10.1 Å². The minimum atomic E-state index is -1.03. The molecule has 1 aromatic rings. The molecule has 118 valence electrons. The maximum atomic E-state index is 11.1. The van der Waals surface area contributed by atoms with Crippen LogP contribution in [0.2, 0.25) is 0 Å². The average molecular weight is 295 g/mol. The largest absolute Gasteiger partial charge is 0.477 e. The molecule has 0 fully saturated rings. The molecule has 1 atom stereocenters. The van der Waals surface area contributed by atoms with Gasteiger partial charge in [-0.1, -0.05) is 13.8 Å². The van der Waals surface area contributed by atoms with Crippen LogP contribution in [0.25, 0.3) is 0 Å². The zero-order valence-corrected chi connectivity index (χ0v) is 13.0. The van der Waals surface area contributed by atoms with Crippen molar-refractivity contribution in [2.45, 2.75) is 32.9 Å². The molecule has 2 N–H and O–H groups in total. The van der Waals surface area contributed by atoms with E-state index in [1.165, 1.54) is 12.3 Å². The number of hydrogen-bond acceptors (Lipinski definition) is 5. The number of nitrogens with zero attached hydrogens (tertiary/aromatic N) is 2. The molecule has 0 saturated heterocycles. The number of carboxylic acid groups (broad SMARTS) is 1. The molecule has 6 heteroatoms. The molecule has 0 amide bonds. The molecule has 0 aliphatic carbocycles. The molecule has 0 aliphatic heterocycles. The van der Waals surface area contributed by atoms with Gasteiger partial charge < -0.3 is 14.7 Å². The number of hydrogen-bond donors (Lipinski definition) is 2. The van der Waals surface area contributed by atoms with Gasteiger partial charge in [-0.05, 0) is 51.7 Å². The van der Waals surface area contributed by atoms with Gasteiger partial charge in [-0.3, -0.25) is 5.32 Å². The Morgan fingerprint density at radius 2 is 2.19 bits per heavy atom. The SMILES string of the molecule is CCN(CC)CCCC(NC)Oc1ncccc1C(=O)O. The van der Waals surface area contributed by atoms with Crippen LogP contribution >= 0.6 is 0 Å². The summed E-state index contributed by atoms with van der Waals surface area (Å²) in [4.78, 5) is 17.5. The fourth-order valence-electron chi connectivity index (χ4n) is 2.08. The van der Waals surface area contributed by atoms with Crippen molar-refractivity contribution in [1.82, 2.24) is 15.2 Å². The van der Waals surface area contributed by atoms with E-state index >= 15 is 0 Å². The predicted molar refractivity (Wildman–Crippen MR) is 81.7 cm³/mol. The lowest BCUT2D eigenvalue weighted by Crippen LogP contribution is -2.33. The van der Waals surface area contributed by atoms with Crippen LogP contribution in [0, 0.1) is 0 Å². The molecule has 0 saturated carbocycles. The van der Waals surface area contributed by atoms with Crippen molar-refractivity contribution in [3.05, 3.63) is 23.9 Å². The molecule has 0 radical (unpaired) electrons. The topological polar surface area (TPSA) is 74.7 Å². The quantitative estimate of drug-likeness (QED) is 0.641. The summed E-state index contributed by atoms with van der Waals surface area (Å²) in [6.45, 7) is 7.35. The number of aromatic carboxylic acids is 1. The highest BCUT2D eigenvalue weighted by molar-refractivity contribution is 5.90. The van der Waals surface area contributed by atoms with E-state index in [4.69, 9.17) is 9.84 Å². The Hall–Kier alpha value is -1.66. The summed E-state index contributed by atoms with van der Waals surface area (Å²) < 4.78 is 5.68. The maximum absolute atomic E-state index is 11.1. The van der Waals surface area contributed by atoms with E-state index in [0.717, 1.165) is 32.5 Å². The lowest BCUT2D eigenvalue weighted by molar-refractivity contribution is 0.0683. The van der Waals surface area contributed by atoms with Crippen molar-refractivity contribution in [3.63, 3.8) is 0 Å². The van der Waals surface area contributed by atoms with E-state index < -0.39 is 5.97 Å². The molecule has 1 unspecified atom stereocenters. The number of ether oxygens (including phenoxy) is 1. The third-order valence-corrected chi connectivity index (χ3v) is 3.41. The molecular formula is C15H25N3O3. The average Bonchev–Trinajstić information content (AvgIpc) is 2.50. The van der Waals surface area contributed by atoms with Crippen LogP contribution in [0.4, 0.5) is 0 Å². The minimum Gasteiger partial charge on any atom is -0.477 e. The fourth-order valence-corrected chi connectivity index (χ4v) is 2.08. The van der Waals surface area contributed by atoms with E-state index in [0.29, 0.717) is 0 Å². The van der Waals surface area contributed by atoms with E-state index in [-0.39, 0.29) is 17.7 Å². The van der Waals surface area contributed by atoms with Gasteiger partial charge >= 0.3 is 5.97 Å². The van der Waals surface area contributed by atoms with Gasteiger partial charge in [0.15, 0.2) is 6.23 Å². The lowest BCUT2D eigenvalue weighted by atomic mass is 10.2. The third kappa shape index (κ3) is 5.69. The summed E-state index contributed by atoms with van der Waals surface area (Å²) in [5.74, 6) is -0.872. The van der Waals surface area contributed by atoms with Gasteiger partial charge in [0.2, 0.25) is 5.88 Å². The van der Waals surface area contributed by atoms with Crippen LogP contribution in [-0.2, 0) is 0 Å². The minimum absolute atomic E-state index is 0.0847. The highest BCUT2D eigenvalue weighted by Gasteiger charge is 2.16. The lowest BCUT2D eigenvalue weighted by Gasteiger charge is -2.21. The molecule has 6 nitrogen and oxygen atoms in total. The van der Waals surface area contributed by atoms with E-state index in [2.05, 4.69) is 29.0 Å². The van der Waals surface area contributed by atoms with Crippen LogP contribution in [-0.4, -0.2) is 53.9 Å². The summed E-state index contributed by atoms with van der Waals surface area (Å²) in [5.41, 5.74) is 0.0847. The zero-order chi connectivity index (χ0) is 15.7. The smallest absolute Gasteiger partial charge is 0.341 e. The second-order valence-electron chi connectivity index (χ2n) is 4.73. The Kier molecular flexibility index (Phi) is 7.71. The molecule has 0 aromatic carbocycles. The number of carbonyl (C=O) groups is 1. The van der Waals surface area contributed by atoms with E-state index in [9.17, 15) is 4.79 Å². The van der Waals surface area contributed by atoms with Crippen molar-refractivity contribution < 1.29 is 14.6 Å². The maximum Gasteiger partial charge on any atom is 0.341 e. The van der Waals surface area contributed by atoms with Gasteiger partial charge in [-0.2, -0.15) is 0 Å². The summed E-state index contributed by atoms with van der Waals surface area (Å²) in [7, 11) is 1.80. The van der Waals surface area contributed by atoms with Crippen molar-refractivity contribution in [2.24, 2.45) is 0 Å². The van der Waals surface area contributed by atoms with Crippen molar-refractivity contribution in [2.75, 3.05) is 26.7 Å². The normalized spacial score (nSPS) is 12.4. The predicted octanol–water partition coefficient (Wildman–Crippen LogP) is 1.83. The second kappa shape index (κ2) is 9.31. The first-order chi connectivity index (χ1) is 10.1. The van der Waals surface area contributed by atoms with Gasteiger partial charge in [0.1, 0.15) is 5.56 Å². The standard InChI is InChI=1S/C15H25N3O3/c1-4-18(5-2)11-7-9-13(16-3)21-14-12(15(19)20)8-6-10-17-14/h6,8,10,13,16H,4-5,7,9,11H2,1-3H3,(H,19,20). The van der Waals surface area contributed by atoms with Crippen LogP contribution in [0.1, 0.15) is 37.0 Å². The molecule has 1 aromatic heterocycles. The van der Waals surface area contributed by atoms with Crippen LogP contribution in [0.15, 0.2) is 18.3 Å². The fraction of sp³-hybridized carbons (Fsp3) is 0.600. The highest BCUT2D eigenvalue weighted by Crippen LogP contribution is 2.16. The molecule has 0 aliphatic rings. The van der Waals surface area contributed by atoms with Gasteiger partial charge in [-0.15, -0.1) is 0 Å². The summed E-state index contributed by atoms with van der Waals surface area (Å²) in [6, 6.07) is 3.08.